The summed E-state index contributed by atoms with van der Waals surface area (Å²) in [6, 6.07) is 1.58. The fourth-order valence-electron chi connectivity index (χ4n) is 1.56. The van der Waals surface area contributed by atoms with Gasteiger partial charge >= 0.3 is 5.97 Å². The molecule has 0 saturated heterocycles. The van der Waals surface area contributed by atoms with Gasteiger partial charge in [0.15, 0.2) is 0 Å². The Morgan fingerprint density at radius 2 is 2.35 bits per heavy atom. The molecule has 5 nitrogen and oxygen atoms in total. The molecule has 1 rings (SSSR count). The van der Waals surface area contributed by atoms with Crippen LogP contribution >= 0.6 is 0 Å². The second kappa shape index (κ2) is 7.06. The molecule has 1 N–H and O–H groups in total. The van der Waals surface area contributed by atoms with E-state index in [9.17, 15) is 4.79 Å². The van der Waals surface area contributed by atoms with E-state index < -0.39 is 0 Å². The minimum Gasteiger partial charge on any atom is -0.465 e. The molecule has 0 radical (unpaired) electrons. The first-order chi connectivity index (χ1) is 8.17. The first kappa shape index (κ1) is 13.7. The van der Waals surface area contributed by atoms with Gasteiger partial charge in [0, 0.05) is 12.6 Å². The highest BCUT2D eigenvalue weighted by Crippen LogP contribution is 2.04. The van der Waals surface area contributed by atoms with Crippen LogP contribution in [0.3, 0.4) is 0 Å². The molecule has 0 aliphatic rings. The van der Waals surface area contributed by atoms with Gasteiger partial charge in [0.1, 0.15) is 11.8 Å². The van der Waals surface area contributed by atoms with Crippen molar-refractivity contribution >= 4 is 5.97 Å². The molecular weight excluding hydrogens is 220 g/mol. The van der Waals surface area contributed by atoms with Gasteiger partial charge in [-0.25, -0.2) is 0 Å². The van der Waals surface area contributed by atoms with E-state index in [0.717, 1.165) is 24.3 Å². The molecule has 0 amide bonds. The molecule has 0 aromatic carbocycles. The molecule has 1 atom stereocenters. The lowest BCUT2D eigenvalue weighted by Gasteiger charge is -2.15. The average Bonchev–Trinajstić information content (AvgIpc) is 2.70. The summed E-state index contributed by atoms with van der Waals surface area (Å²) in [7, 11) is 0. The van der Waals surface area contributed by atoms with E-state index in [4.69, 9.17) is 9.26 Å². The summed E-state index contributed by atoms with van der Waals surface area (Å²) < 4.78 is 9.96. The average molecular weight is 240 g/mol. The lowest BCUT2D eigenvalue weighted by atomic mass is 10.1. The van der Waals surface area contributed by atoms with Crippen molar-refractivity contribution in [1.29, 1.82) is 0 Å². The molecule has 1 heterocycles. The van der Waals surface area contributed by atoms with Gasteiger partial charge < -0.3 is 9.26 Å². The first-order valence-corrected chi connectivity index (χ1v) is 5.99. The maximum atomic E-state index is 11.6. The number of carbonyl (C=O) groups is 1. The summed E-state index contributed by atoms with van der Waals surface area (Å²) in [5.41, 5.74) is 0.799. The number of aryl methyl sites for hydroxylation is 1. The molecule has 5 heteroatoms. The summed E-state index contributed by atoms with van der Waals surface area (Å²) in [6.45, 7) is 6.60. The van der Waals surface area contributed by atoms with Crippen LogP contribution in [-0.2, 0) is 16.1 Å². The molecule has 1 aromatic heterocycles. The quantitative estimate of drug-likeness (QED) is 0.736. The molecule has 0 saturated carbocycles. The zero-order chi connectivity index (χ0) is 12.7. The van der Waals surface area contributed by atoms with E-state index in [0.29, 0.717) is 13.2 Å². The highest BCUT2D eigenvalue weighted by Gasteiger charge is 2.18. The molecule has 0 aliphatic heterocycles. The van der Waals surface area contributed by atoms with E-state index in [1.807, 2.05) is 26.8 Å². The molecule has 0 bridgehead atoms. The number of nitrogens with one attached hydrogen (secondary N) is 1. The van der Waals surface area contributed by atoms with Crippen LogP contribution < -0.4 is 5.32 Å². The number of hydrogen-bond acceptors (Lipinski definition) is 5. The van der Waals surface area contributed by atoms with Crippen LogP contribution in [0.15, 0.2) is 10.6 Å². The van der Waals surface area contributed by atoms with Crippen molar-refractivity contribution < 1.29 is 14.1 Å². The summed E-state index contributed by atoms with van der Waals surface area (Å²) in [5.74, 6) is 0.569. The lowest BCUT2D eigenvalue weighted by molar-refractivity contribution is -0.145. The second-order valence-electron chi connectivity index (χ2n) is 3.90. The van der Waals surface area contributed by atoms with Crippen LogP contribution in [-0.4, -0.2) is 23.8 Å². The summed E-state index contributed by atoms with van der Waals surface area (Å²) >= 11 is 0. The van der Waals surface area contributed by atoms with E-state index in [1.54, 1.807) is 0 Å². The van der Waals surface area contributed by atoms with Crippen LogP contribution in [0, 0.1) is 6.92 Å². The fraction of sp³-hybridized carbons (Fsp3) is 0.667. The zero-order valence-electron chi connectivity index (χ0n) is 10.7. The van der Waals surface area contributed by atoms with Gasteiger partial charge in [-0.3, -0.25) is 10.1 Å². The standard InChI is InChI=1S/C12H20N2O3/c1-4-6-11(12(15)16-5-2)13-8-10-7-9(3)17-14-10/h7,11,13H,4-6,8H2,1-3H3. The minimum absolute atomic E-state index is 0.199. The molecule has 0 aliphatic carbocycles. The number of nitrogens with zero attached hydrogens (tertiary/aromatic N) is 1. The Bertz CT molecular complexity index is 349. The summed E-state index contributed by atoms with van der Waals surface area (Å²) in [6.07, 6.45) is 1.68. The summed E-state index contributed by atoms with van der Waals surface area (Å²) in [4.78, 5) is 11.6. The van der Waals surface area contributed by atoms with Gasteiger partial charge in [0.2, 0.25) is 0 Å². The van der Waals surface area contributed by atoms with Crippen molar-refractivity contribution in [3.05, 3.63) is 17.5 Å². The molecule has 96 valence electrons. The van der Waals surface area contributed by atoms with Crippen LogP contribution in [0.5, 0.6) is 0 Å². The first-order valence-electron chi connectivity index (χ1n) is 5.99. The van der Waals surface area contributed by atoms with Crippen molar-refractivity contribution in [2.75, 3.05) is 6.61 Å². The van der Waals surface area contributed by atoms with Gasteiger partial charge in [0.25, 0.3) is 0 Å². The smallest absolute Gasteiger partial charge is 0.323 e. The van der Waals surface area contributed by atoms with E-state index in [1.165, 1.54) is 0 Å². The predicted octanol–water partition coefficient (Wildman–Crippen LogP) is 1.80. The number of aromatic nitrogens is 1. The predicted molar refractivity (Wildman–Crippen MR) is 63.4 cm³/mol. The Morgan fingerprint density at radius 1 is 1.59 bits per heavy atom. The van der Waals surface area contributed by atoms with Crippen LogP contribution in [0.2, 0.25) is 0 Å². The van der Waals surface area contributed by atoms with Gasteiger partial charge in [-0.2, -0.15) is 0 Å². The number of hydrogen-bond donors (Lipinski definition) is 1. The summed E-state index contributed by atoms with van der Waals surface area (Å²) in [5, 5.41) is 7.00. The minimum atomic E-state index is -0.267. The Balaban J connectivity index is 2.46. The molecule has 1 aromatic rings. The maximum Gasteiger partial charge on any atom is 0.323 e. The Hall–Kier alpha value is -1.36. The van der Waals surface area contributed by atoms with E-state index >= 15 is 0 Å². The van der Waals surface area contributed by atoms with E-state index in [-0.39, 0.29) is 12.0 Å². The van der Waals surface area contributed by atoms with Crippen molar-refractivity contribution in [1.82, 2.24) is 10.5 Å². The monoisotopic (exact) mass is 240 g/mol. The van der Waals surface area contributed by atoms with Crippen molar-refractivity contribution in [2.24, 2.45) is 0 Å². The van der Waals surface area contributed by atoms with Crippen LogP contribution in [0.4, 0.5) is 0 Å². The Kier molecular flexibility index (Phi) is 5.69. The van der Waals surface area contributed by atoms with Gasteiger partial charge in [-0.15, -0.1) is 0 Å². The van der Waals surface area contributed by atoms with Gasteiger partial charge in [0.05, 0.1) is 12.3 Å². The Morgan fingerprint density at radius 3 is 2.88 bits per heavy atom. The fourth-order valence-corrected chi connectivity index (χ4v) is 1.56. The van der Waals surface area contributed by atoms with Gasteiger partial charge in [-0.1, -0.05) is 18.5 Å². The third-order valence-corrected chi connectivity index (χ3v) is 2.35. The molecule has 0 fully saturated rings. The molecule has 0 spiro atoms. The second-order valence-corrected chi connectivity index (χ2v) is 3.90. The molecule has 1 unspecified atom stereocenters. The number of ether oxygens (including phenoxy) is 1. The van der Waals surface area contributed by atoms with Crippen molar-refractivity contribution in [2.45, 2.75) is 46.2 Å². The number of carbonyl (C=O) groups excluding carboxylic acids is 1. The number of esters is 1. The normalized spacial score (nSPS) is 12.4. The molecule has 17 heavy (non-hydrogen) atoms. The largest absolute Gasteiger partial charge is 0.465 e. The highest BCUT2D eigenvalue weighted by molar-refractivity contribution is 5.75. The van der Waals surface area contributed by atoms with E-state index in [2.05, 4.69) is 10.5 Å². The lowest BCUT2D eigenvalue weighted by Crippen LogP contribution is -2.37. The third kappa shape index (κ3) is 4.56. The molecular formula is C12H20N2O3. The zero-order valence-corrected chi connectivity index (χ0v) is 10.7. The van der Waals surface area contributed by atoms with Crippen LogP contribution in [0.1, 0.15) is 38.1 Å². The SMILES string of the molecule is CCCC(NCc1cc(C)on1)C(=O)OCC. The Labute approximate surface area is 102 Å². The maximum absolute atomic E-state index is 11.6. The van der Waals surface area contributed by atoms with Crippen molar-refractivity contribution in [3.63, 3.8) is 0 Å². The van der Waals surface area contributed by atoms with Crippen molar-refractivity contribution in [3.8, 4) is 0 Å². The highest BCUT2D eigenvalue weighted by atomic mass is 16.5. The number of rotatable bonds is 7. The topological polar surface area (TPSA) is 64.4 Å². The third-order valence-electron chi connectivity index (χ3n) is 2.35. The van der Waals surface area contributed by atoms with Crippen LogP contribution in [0.25, 0.3) is 0 Å². The van der Waals surface area contributed by atoms with Gasteiger partial charge in [-0.05, 0) is 20.3 Å².